The molecule has 1 aromatic rings. The molecule has 3 N–H and O–H groups in total. The molecule has 0 radical (unpaired) electrons. The molecule has 0 spiro atoms. The van der Waals surface area contributed by atoms with Crippen molar-refractivity contribution in [2.75, 3.05) is 18.9 Å². The maximum atomic E-state index is 12.0. The van der Waals surface area contributed by atoms with Gasteiger partial charge >= 0.3 is 0 Å². The number of hydrogen-bond acceptors (Lipinski definition) is 3. The monoisotopic (exact) mass is 311 g/mol. The third kappa shape index (κ3) is 5.36. The molecule has 1 aliphatic carbocycles. The Kier molecular flexibility index (Phi) is 6.65. The van der Waals surface area contributed by atoms with Crippen LogP contribution < -0.4 is 16.0 Å². The van der Waals surface area contributed by atoms with Crippen LogP contribution in [0, 0.1) is 6.92 Å². The Balaban J connectivity index is 0.00000220. The quantitative estimate of drug-likeness (QED) is 0.751. The molecule has 1 saturated carbocycles. The van der Waals surface area contributed by atoms with E-state index in [9.17, 15) is 9.59 Å². The average molecular weight is 312 g/mol. The fraction of sp³-hybridized carbons (Fsp3) is 0.467. The number of nitrogens with one attached hydrogen (secondary N) is 3. The number of carbonyl (C=O) groups excluding carboxylic acids is 2. The third-order valence-electron chi connectivity index (χ3n) is 3.29. The number of rotatable bonds is 6. The highest BCUT2D eigenvalue weighted by atomic mass is 35.5. The predicted molar refractivity (Wildman–Crippen MR) is 86.1 cm³/mol. The van der Waals surface area contributed by atoms with Crippen molar-refractivity contribution in [1.82, 2.24) is 10.6 Å². The summed E-state index contributed by atoms with van der Waals surface area (Å²) in [5.41, 5.74) is 2.24. The van der Waals surface area contributed by atoms with E-state index in [1.54, 1.807) is 19.2 Å². The summed E-state index contributed by atoms with van der Waals surface area (Å²) >= 11 is 0. The minimum atomic E-state index is -0.0711. The van der Waals surface area contributed by atoms with Gasteiger partial charge in [-0.3, -0.25) is 9.59 Å². The molecular weight excluding hydrogens is 290 g/mol. The molecule has 2 rings (SSSR count). The van der Waals surface area contributed by atoms with Gasteiger partial charge in [-0.1, -0.05) is 6.07 Å². The first-order valence-corrected chi connectivity index (χ1v) is 6.96. The predicted octanol–water partition coefficient (Wildman–Crippen LogP) is 1.86. The van der Waals surface area contributed by atoms with Gasteiger partial charge in [0.15, 0.2) is 0 Å². The van der Waals surface area contributed by atoms with Gasteiger partial charge in [0.05, 0.1) is 0 Å². The number of anilines is 1. The molecule has 5 nitrogen and oxygen atoms in total. The van der Waals surface area contributed by atoms with E-state index >= 15 is 0 Å². The van der Waals surface area contributed by atoms with Crippen molar-refractivity contribution < 1.29 is 9.59 Å². The Hall–Kier alpha value is -1.59. The van der Waals surface area contributed by atoms with Gasteiger partial charge in [-0.05, 0) is 44.5 Å². The summed E-state index contributed by atoms with van der Waals surface area (Å²) in [6.45, 7) is 2.54. The fourth-order valence-corrected chi connectivity index (χ4v) is 1.85. The maximum absolute atomic E-state index is 12.0. The van der Waals surface area contributed by atoms with Crippen LogP contribution in [0.5, 0.6) is 0 Å². The van der Waals surface area contributed by atoms with Crippen LogP contribution in [0.25, 0.3) is 0 Å². The van der Waals surface area contributed by atoms with Gasteiger partial charge in [0, 0.05) is 30.3 Å². The lowest BCUT2D eigenvalue weighted by Crippen LogP contribution is -2.25. The molecule has 0 bridgehead atoms. The van der Waals surface area contributed by atoms with Crippen LogP contribution >= 0.6 is 12.4 Å². The zero-order valence-electron chi connectivity index (χ0n) is 12.4. The number of hydrogen-bond donors (Lipinski definition) is 3. The molecule has 0 aliphatic heterocycles. The van der Waals surface area contributed by atoms with E-state index in [0.717, 1.165) is 18.4 Å². The first kappa shape index (κ1) is 17.5. The molecular formula is C15H22ClN3O2. The Bertz CT molecular complexity index is 516. The largest absolute Gasteiger partial charge is 0.349 e. The molecule has 0 heterocycles. The van der Waals surface area contributed by atoms with Crippen LogP contribution in [0.15, 0.2) is 18.2 Å². The van der Waals surface area contributed by atoms with E-state index in [0.29, 0.717) is 30.3 Å². The molecule has 1 aliphatic rings. The van der Waals surface area contributed by atoms with Crippen LogP contribution in [0.3, 0.4) is 0 Å². The summed E-state index contributed by atoms with van der Waals surface area (Å²) in [5.74, 6) is -0.125. The second-order valence-corrected chi connectivity index (χ2v) is 5.18. The van der Waals surface area contributed by atoms with E-state index in [1.165, 1.54) is 0 Å². The second kappa shape index (κ2) is 8.00. The van der Waals surface area contributed by atoms with E-state index in [1.807, 2.05) is 13.0 Å². The number of halogens is 1. The van der Waals surface area contributed by atoms with Crippen molar-refractivity contribution in [1.29, 1.82) is 0 Å². The number of benzene rings is 1. The normalized spacial score (nSPS) is 13.2. The Morgan fingerprint density at radius 1 is 1.29 bits per heavy atom. The highest BCUT2D eigenvalue weighted by Gasteiger charge is 2.24. The summed E-state index contributed by atoms with van der Waals surface area (Å²) < 4.78 is 0. The second-order valence-electron chi connectivity index (χ2n) is 5.18. The molecule has 0 aromatic heterocycles. The highest BCUT2D eigenvalue weighted by Crippen LogP contribution is 2.21. The van der Waals surface area contributed by atoms with Crippen LogP contribution in [0.2, 0.25) is 0 Å². The average Bonchev–Trinajstić information content (AvgIpc) is 3.22. The molecule has 1 fully saturated rings. The van der Waals surface area contributed by atoms with Gasteiger partial charge in [0.1, 0.15) is 0 Å². The zero-order chi connectivity index (χ0) is 14.5. The lowest BCUT2D eigenvalue weighted by molar-refractivity contribution is -0.116. The van der Waals surface area contributed by atoms with Gasteiger partial charge in [0.2, 0.25) is 5.91 Å². The molecule has 1 aromatic carbocycles. The van der Waals surface area contributed by atoms with Crippen molar-refractivity contribution >= 4 is 29.9 Å². The molecule has 0 atom stereocenters. The minimum Gasteiger partial charge on any atom is -0.349 e. The maximum Gasteiger partial charge on any atom is 0.251 e. The van der Waals surface area contributed by atoms with Crippen molar-refractivity contribution in [2.24, 2.45) is 0 Å². The number of amides is 2. The molecule has 21 heavy (non-hydrogen) atoms. The van der Waals surface area contributed by atoms with E-state index in [2.05, 4.69) is 16.0 Å². The SMILES string of the molecule is CNCCC(=O)Nc1cc(C(=O)NC2CC2)ccc1C.Cl. The molecule has 116 valence electrons. The first-order chi connectivity index (χ1) is 9.60. The van der Waals surface area contributed by atoms with Crippen molar-refractivity contribution in [3.8, 4) is 0 Å². The Morgan fingerprint density at radius 3 is 2.62 bits per heavy atom. The standard InChI is InChI=1S/C15H21N3O2.ClH/c1-10-3-4-11(15(20)17-12-5-6-12)9-13(10)18-14(19)7-8-16-2;/h3-4,9,12,16H,5-8H2,1-2H3,(H,17,20)(H,18,19);1H. The lowest BCUT2D eigenvalue weighted by atomic mass is 10.1. The Labute approximate surface area is 131 Å². The number of carbonyl (C=O) groups is 2. The molecule has 0 saturated heterocycles. The van der Waals surface area contributed by atoms with Gasteiger partial charge in [-0.25, -0.2) is 0 Å². The lowest BCUT2D eigenvalue weighted by Gasteiger charge is -2.11. The topological polar surface area (TPSA) is 70.2 Å². The summed E-state index contributed by atoms with van der Waals surface area (Å²) in [4.78, 5) is 23.7. The number of aryl methyl sites for hydroxylation is 1. The summed E-state index contributed by atoms with van der Waals surface area (Å²) in [6, 6.07) is 5.72. The van der Waals surface area contributed by atoms with Crippen molar-refractivity contribution in [3.05, 3.63) is 29.3 Å². The van der Waals surface area contributed by atoms with Crippen LogP contribution in [0.4, 0.5) is 5.69 Å². The molecule has 6 heteroatoms. The van der Waals surface area contributed by atoms with Gasteiger partial charge in [-0.15, -0.1) is 12.4 Å². The van der Waals surface area contributed by atoms with Gasteiger partial charge < -0.3 is 16.0 Å². The van der Waals surface area contributed by atoms with E-state index in [4.69, 9.17) is 0 Å². The molecule has 0 unspecified atom stereocenters. The van der Waals surface area contributed by atoms with Crippen LogP contribution in [-0.4, -0.2) is 31.4 Å². The van der Waals surface area contributed by atoms with Crippen molar-refractivity contribution in [2.45, 2.75) is 32.2 Å². The third-order valence-corrected chi connectivity index (χ3v) is 3.29. The summed E-state index contributed by atoms with van der Waals surface area (Å²) in [5, 5.41) is 8.73. The zero-order valence-corrected chi connectivity index (χ0v) is 13.2. The van der Waals surface area contributed by atoms with Crippen molar-refractivity contribution in [3.63, 3.8) is 0 Å². The summed E-state index contributed by atoms with van der Waals surface area (Å²) in [7, 11) is 1.81. The van der Waals surface area contributed by atoms with E-state index in [-0.39, 0.29) is 24.2 Å². The first-order valence-electron chi connectivity index (χ1n) is 6.96. The van der Waals surface area contributed by atoms with Crippen LogP contribution in [-0.2, 0) is 4.79 Å². The summed E-state index contributed by atoms with van der Waals surface area (Å²) in [6.07, 6.45) is 2.53. The van der Waals surface area contributed by atoms with Crippen LogP contribution in [0.1, 0.15) is 35.2 Å². The minimum absolute atomic E-state index is 0. The highest BCUT2D eigenvalue weighted by molar-refractivity contribution is 5.98. The molecule has 2 amide bonds. The smallest absolute Gasteiger partial charge is 0.251 e. The van der Waals surface area contributed by atoms with Gasteiger partial charge in [-0.2, -0.15) is 0 Å². The van der Waals surface area contributed by atoms with E-state index < -0.39 is 0 Å². The van der Waals surface area contributed by atoms with Gasteiger partial charge in [0.25, 0.3) is 5.91 Å². The fourth-order valence-electron chi connectivity index (χ4n) is 1.85. The Morgan fingerprint density at radius 2 is 2.00 bits per heavy atom.